The van der Waals surface area contributed by atoms with Crippen molar-refractivity contribution in [1.29, 1.82) is 0 Å². The fraction of sp³-hybridized carbons (Fsp3) is 0.815. The van der Waals surface area contributed by atoms with E-state index < -0.39 is 0 Å². The molecule has 2 N–H and O–H groups in total. The van der Waals surface area contributed by atoms with E-state index in [1.165, 1.54) is 12.8 Å². The van der Waals surface area contributed by atoms with Crippen LogP contribution in [-0.2, 0) is 4.79 Å². The van der Waals surface area contributed by atoms with E-state index >= 15 is 0 Å². The number of allylic oxidation sites excluding steroid dienone is 4. The zero-order valence-corrected chi connectivity index (χ0v) is 19.7. The van der Waals surface area contributed by atoms with Gasteiger partial charge in [-0.15, -0.1) is 0 Å². The van der Waals surface area contributed by atoms with Crippen LogP contribution in [0.5, 0.6) is 0 Å². The van der Waals surface area contributed by atoms with Crippen molar-refractivity contribution in [2.24, 2.45) is 40.4 Å². The molecule has 0 aromatic heterocycles. The quantitative estimate of drug-likeness (QED) is 0.474. The molecule has 0 amide bonds. The predicted octanol–water partition coefficient (Wildman–Crippen LogP) is 5.46. The number of carbonyl (C=O) groups is 1. The van der Waals surface area contributed by atoms with Gasteiger partial charge in [0.05, 0.1) is 12.2 Å². The molecule has 4 rings (SSSR count). The van der Waals surface area contributed by atoms with E-state index in [1.807, 2.05) is 13.8 Å². The smallest absolute Gasteiger partial charge is 0.155 e. The van der Waals surface area contributed by atoms with Gasteiger partial charge < -0.3 is 10.2 Å². The van der Waals surface area contributed by atoms with Gasteiger partial charge in [0.25, 0.3) is 0 Å². The lowest BCUT2D eigenvalue weighted by molar-refractivity contribution is -0.116. The molecule has 168 valence electrons. The van der Waals surface area contributed by atoms with Gasteiger partial charge >= 0.3 is 0 Å². The van der Waals surface area contributed by atoms with Crippen LogP contribution >= 0.6 is 0 Å². The lowest BCUT2D eigenvalue weighted by Gasteiger charge is -2.58. The van der Waals surface area contributed by atoms with Gasteiger partial charge in [-0.2, -0.15) is 0 Å². The van der Waals surface area contributed by atoms with Gasteiger partial charge in [0.15, 0.2) is 5.78 Å². The Morgan fingerprint density at radius 3 is 2.60 bits per heavy atom. The van der Waals surface area contributed by atoms with Gasteiger partial charge in [-0.25, -0.2) is 0 Å². The van der Waals surface area contributed by atoms with Crippen molar-refractivity contribution in [2.75, 3.05) is 0 Å². The number of carbonyl (C=O) groups excluding carboxylic acids is 1. The van der Waals surface area contributed by atoms with Gasteiger partial charge in [0, 0.05) is 6.42 Å². The van der Waals surface area contributed by atoms with Crippen LogP contribution in [-0.4, -0.2) is 28.2 Å². The molecule has 0 aromatic rings. The van der Waals surface area contributed by atoms with Crippen LogP contribution in [0.15, 0.2) is 23.3 Å². The normalized spacial score (nSPS) is 46.2. The number of aliphatic hydroxyl groups excluding tert-OH is 2. The number of aliphatic hydroxyl groups is 2. The van der Waals surface area contributed by atoms with Gasteiger partial charge in [-0.1, -0.05) is 38.0 Å². The molecule has 3 nitrogen and oxygen atoms in total. The minimum Gasteiger partial charge on any atom is -0.393 e. The second-order valence-corrected chi connectivity index (χ2v) is 11.9. The Morgan fingerprint density at radius 1 is 1.17 bits per heavy atom. The van der Waals surface area contributed by atoms with Crippen molar-refractivity contribution in [2.45, 2.75) is 98.2 Å². The fourth-order valence-corrected chi connectivity index (χ4v) is 8.37. The van der Waals surface area contributed by atoms with Gasteiger partial charge in [0.2, 0.25) is 0 Å². The molecule has 0 heterocycles. The summed E-state index contributed by atoms with van der Waals surface area (Å²) in [5.74, 6) is 2.53. The van der Waals surface area contributed by atoms with E-state index in [9.17, 15) is 15.0 Å². The van der Waals surface area contributed by atoms with Crippen LogP contribution in [0, 0.1) is 40.4 Å². The molecule has 9 atom stereocenters. The first-order valence-corrected chi connectivity index (χ1v) is 12.3. The number of rotatable bonds is 4. The molecule has 0 aromatic carbocycles. The second kappa shape index (κ2) is 7.89. The highest BCUT2D eigenvalue weighted by atomic mass is 16.3. The molecule has 0 saturated heterocycles. The topological polar surface area (TPSA) is 57.5 Å². The summed E-state index contributed by atoms with van der Waals surface area (Å²) in [4.78, 5) is 12.4. The first-order chi connectivity index (χ1) is 14.1. The van der Waals surface area contributed by atoms with E-state index in [2.05, 4.69) is 26.8 Å². The minimum absolute atomic E-state index is 0.0476. The largest absolute Gasteiger partial charge is 0.393 e. The highest BCUT2D eigenvalue weighted by Crippen LogP contribution is 2.66. The summed E-state index contributed by atoms with van der Waals surface area (Å²) in [7, 11) is 0. The van der Waals surface area contributed by atoms with Crippen molar-refractivity contribution in [3.05, 3.63) is 23.3 Å². The SMILES string of the molecule is CC(C)=CC(=O)C[C@H](C)[C@H]1CC[C@H]2[C@@H]3C[C@H](O)[C@H]4C[C@@H](O)CC[C@]4(C)C3=CC[C@]12C. The summed E-state index contributed by atoms with van der Waals surface area (Å²) >= 11 is 0. The third kappa shape index (κ3) is 3.54. The monoisotopic (exact) mass is 414 g/mol. The Labute approximate surface area is 183 Å². The average molecular weight is 415 g/mol. The zero-order chi connectivity index (χ0) is 21.8. The lowest BCUT2D eigenvalue weighted by atomic mass is 9.47. The molecular weight excluding hydrogens is 372 g/mol. The number of ketones is 1. The summed E-state index contributed by atoms with van der Waals surface area (Å²) in [5, 5.41) is 21.3. The molecule has 4 aliphatic rings. The van der Waals surface area contributed by atoms with Crippen LogP contribution in [0.3, 0.4) is 0 Å². The first kappa shape index (κ1) is 22.3. The van der Waals surface area contributed by atoms with Crippen LogP contribution < -0.4 is 0 Å². The average Bonchev–Trinajstić information content (AvgIpc) is 3.00. The Kier molecular flexibility index (Phi) is 5.85. The molecule has 0 bridgehead atoms. The van der Waals surface area contributed by atoms with Crippen LogP contribution in [0.25, 0.3) is 0 Å². The molecule has 0 spiro atoms. The van der Waals surface area contributed by atoms with Crippen molar-refractivity contribution in [1.82, 2.24) is 0 Å². The van der Waals surface area contributed by atoms with Gasteiger partial charge in [-0.05, 0) is 105 Å². The Hall–Kier alpha value is -0.930. The number of hydrogen-bond acceptors (Lipinski definition) is 3. The molecule has 3 fully saturated rings. The number of fused-ring (bicyclic) bond motifs is 5. The summed E-state index contributed by atoms with van der Waals surface area (Å²) in [6, 6.07) is 0. The third-order valence-electron chi connectivity index (χ3n) is 9.75. The van der Waals surface area contributed by atoms with Gasteiger partial charge in [-0.3, -0.25) is 4.79 Å². The third-order valence-corrected chi connectivity index (χ3v) is 9.75. The molecule has 3 heteroatoms. The second-order valence-electron chi connectivity index (χ2n) is 11.9. The molecule has 0 aliphatic heterocycles. The van der Waals surface area contributed by atoms with E-state index in [-0.39, 0.29) is 34.7 Å². The summed E-state index contributed by atoms with van der Waals surface area (Å²) in [5.41, 5.74) is 2.97. The van der Waals surface area contributed by atoms with Crippen molar-refractivity contribution >= 4 is 5.78 Å². The van der Waals surface area contributed by atoms with Crippen molar-refractivity contribution < 1.29 is 15.0 Å². The summed E-state index contributed by atoms with van der Waals surface area (Å²) in [6.07, 6.45) is 11.4. The molecule has 0 unspecified atom stereocenters. The van der Waals surface area contributed by atoms with Crippen LogP contribution in [0.2, 0.25) is 0 Å². The van der Waals surface area contributed by atoms with Crippen LogP contribution in [0.1, 0.15) is 86.0 Å². The zero-order valence-electron chi connectivity index (χ0n) is 19.7. The number of hydrogen-bond donors (Lipinski definition) is 2. The fourth-order valence-electron chi connectivity index (χ4n) is 8.37. The van der Waals surface area contributed by atoms with Gasteiger partial charge in [0.1, 0.15) is 0 Å². The summed E-state index contributed by atoms with van der Waals surface area (Å²) in [6.45, 7) is 11.1. The molecule has 30 heavy (non-hydrogen) atoms. The Morgan fingerprint density at radius 2 is 1.90 bits per heavy atom. The Bertz CT molecular complexity index is 747. The molecule has 0 radical (unpaired) electrons. The molecule has 3 saturated carbocycles. The maximum Gasteiger partial charge on any atom is 0.155 e. The highest BCUT2D eigenvalue weighted by molar-refractivity contribution is 5.90. The maximum absolute atomic E-state index is 12.4. The predicted molar refractivity (Wildman–Crippen MR) is 121 cm³/mol. The van der Waals surface area contributed by atoms with E-state index in [4.69, 9.17) is 0 Å². The van der Waals surface area contributed by atoms with E-state index in [0.29, 0.717) is 30.1 Å². The minimum atomic E-state index is -0.301. The molecular formula is C27H42O3. The highest BCUT2D eigenvalue weighted by Gasteiger charge is 2.59. The van der Waals surface area contributed by atoms with Crippen molar-refractivity contribution in [3.8, 4) is 0 Å². The van der Waals surface area contributed by atoms with Crippen LogP contribution in [0.4, 0.5) is 0 Å². The summed E-state index contributed by atoms with van der Waals surface area (Å²) < 4.78 is 0. The molecule has 4 aliphatic carbocycles. The Balaban J connectivity index is 1.58. The van der Waals surface area contributed by atoms with E-state index in [1.54, 1.807) is 11.6 Å². The lowest BCUT2D eigenvalue weighted by Crippen LogP contribution is -2.53. The van der Waals surface area contributed by atoms with E-state index in [0.717, 1.165) is 37.7 Å². The maximum atomic E-state index is 12.4. The van der Waals surface area contributed by atoms with Crippen molar-refractivity contribution in [3.63, 3.8) is 0 Å². The standard InChI is InChI=1S/C27H42O3/c1-16(2)12-19(29)13-17(3)21-6-7-22-20-15-25(30)24-14-18(28)8-10-27(24,5)23(20)9-11-26(21,22)4/h9,12,17-18,20-22,24-25,28,30H,6-8,10-11,13-15H2,1-5H3/t17-,18-,20-,21+,22-,24+,25-,26+,27+/m0/s1. The first-order valence-electron chi connectivity index (χ1n) is 12.3.